The van der Waals surface area contributed by atoms with Crippen LogP contribution in [0.2, 0.25) is 0 Å². The van der Waals surface area contributed by atoms with Crippen molar-refractivity contribution in [1.29, 1.82) is 0 Å². The van der Waals surface area contributed by atoms with E-state index in [1.807, 2.05) is 6.92 Å². The normalized spacial score (nSPS) is 34.0. The molecule has 0 aromatic carbocycles. The lowest BCUT2D eigenvalue weighted by molar-refractivity contribution is -0.148. The standard InChI is InChI=1S/C10H16O4/c1-5-3-4-7(6(2)9(11)12)8(5)10(13)14/h5-8H,3-4H2,1-2H3,(H,11,12)(H,13,14)/t5-,6?,7+,8+/m1/s1. The lowest BCUT2D eigenvalue weighted by Gasteiger charge is -2.21. The second-order valence-electron chi connectivity index (χ2n) is 4.21. The van der Waals surface area contributed by atoms with Gasteiger partial charge in [0.25, 0.3) is 0 Å². The number of hydrogen-bond donors (Lipinski definition) is 2. The van der Waals surface area contributed by atoms with Crippen LogP contribution in [0.3, 0.4) is 0 Å². The Morgan fingerprint density at radius 2 is 1.86 bits per heavy atom. The van der Waals surface area contributed by atoms with Crippen molar-refractivity contribution in [3.63, 3.8) is 0 Å². The molecule has 4 atom stereocenters. The van der Waals surface area contributed by atoms with Crippen LogP contribution >= 0.6 is 0 Å². The number of aliphatic carboxylic acids is 2. The summed E-state index contributed by atoms with van der Waals surface area (Å²) in [6.07, 6.45) is 1.53. The minimum absolute atomic E-state index is 0.0966. The van der Waals surface area contributed by atoms with Crippen LogP contribution in [0.1, 0.15) is 26.7 Å². The summed E-state index contributed by atoms with van der Waals surface area (Å²) in [6.45, 7) is 3.48. The summed E-state index contributed by atoms with van der Waals surface area (Å²) in [4.78, 5) is 21.7. The van der Waals surface area contributed by atoms with Crippen molar-refractivity contribution in [3.8, 4) is 0 Å². The average molecular weight is 200 g/mol. The Hall–Kier alpha value is -1.06. The van der Waals surface area contributed by atoms with Gasteiger partial charge in [-0.05, 0) is 24.7 Å². The zero-order chi connectivity index (χ0) is 10.9. The van der Waals surface area contributed by atoms with Gasteiger partial charge in [-0.3, -0.25) is 9.59 Å². The van der Waals surface area contributed by atoms with E-state index in [4.69, 9.17) is 10.2 Å². The Balaban J connectivity index is 2.79. The second kappa shape index (κ2) is 3.98. The van der Waals surface area contributed by atoms with Crippen LogP contribution in [0.25, 0.3) is 0 Å². The molecule has 0 saturated heterocycles. The van der Waals surface area contributed by atoms with Gasteiger partial charge >= 0.3 is 11.9 Å². The smallest absolute Gasteiger partial charge is 0.307 e. The van der Waals surface area contributed by atoms with Gasteiger partial charge < -0.3 is 10.2 Å². The molecule has 1 fully saturated rings. The average Bonchev–Trinajstić information content (AvgIpc) is 2.45. The first kappa shape index (κ1) is 11.0. The summed E-state index contributed by atoms with van der Waals surface area (Å²) < 4.78 is 0. The molecule has 1 aliphatic carbocycles. The molecule has 4 nitrogen and oxygen atoms in total. The van der Waals surface area contributed by atoms with Crippen LogP contribution < -0.4 is 0 Å². The van der Waals surface area contributed by atoms with Crippen LogP contribution in [0.4, 0.5) is 0 Å². The van der Waals surface area contributed by atoms with Crippen LogP contribution in [-0.2, 0) is 9.59 Å². The minimum Gasteiger partial charge on any atom is -0.481 e. The zero-order valence-electron chi connectivity index (χ0n) is 8.43. The van der Waals surface area contributed by atoms with Crippen LogP contribution in [0.5, 0.6) is 0 Å². The predicted molar refractivity (Wildman–Crippen MR) is 49.8 cm³/mol. The fourth-order valence-electron chi connectivity index (χ4n) is 2.41. The fourth-order valence-corrected chi connectivity index (χ4v) is 2.41. The highest BCUT2D eigenvalue weighted by Gasteiger charge is 2.43. The van der Waals surface area contributed by atoms with E-state index in [1.54, 1.807) is 6.92 Å². The Bertz CT molecular complexity index is 249. The molecule has 0 bridgehead atoms. The third kappa shape index (κ3) is 1.89. The molecule has 0 aromatic heterocycles. The highest BCUT2D eigenvalue weighted by atomic mass is 16.4. The highest BCUT2D eigenvalue weighted by Crippen LogP contribution is 2.41. The first-order valence-corrected chi connectivity index (χ1v) is 4.90. The van der Waals surface area contributed by atoms with Gasteiger partial charge in [-0.25, -0.2) is 0 Å². The zero-order valence-corrected chi connectivity index (χ0v) is 8.43. The molecule has 0 aromatic rings. The SMILES string of the molecule is CC(C(=O)O)[C@@H]1CC[C@@H](C)[C@@H]1C(=O)O. The summed E-state index contributed by atoms with van der Waals surface area (Å²) in [6, 6.07) is 0. The fraction of sp³-hybridized carbons (Fsp3) is 0.800. The van der Waals surface area contributed by atoms with Gasteiger partial charge in [-0.15, -0.1) is 0 Å². The molecule has 80 valence electrons. The molecule has 1 rings (SSSR count). The third-order valence-electron chi connectivity index (χ3n) is 3.35. The van der Waals surface area contributed by atoms with Crippen LogP contribution in [0, 0.1) is 23.7 Å². The van der Waals surface area contributed by atoms with E-state index < -0.39 is 23.8 Å². The van der Waals surface area contributed by atoms with E-state index in [0.29, 0.717) is 6.42 Å². The lowest BCUT2D eigenvalue weighted by atomic mass is 9.82. The number of carboxylic acid groups (broad SMARTS) is 2. The van der Waals surface area contributed by atoms with Gasteiger partial charge in [0.15, 0.2) is 0 Å². The largest absolute Gasteiger partial charge is 0.481 e. The van der Waals surface area contributed by atoms with Gasteiger partial charge in [-0.2, -0.15) is 0 Å². The molecule has 0 spiro atoms. The van der Waals surface area contributed by atoms with E-state index in [0.717, 1.165) is 6.42 Å². The van der Waals surface area contributed by atoms with E-state index in [-0.39, 0.29) is 11.8 Å². The Labute approximate surface area is 82.9 Å². The highest BCUT2D eigenvalue weighted by molar-refractivity contribution is 5.75. The molecular formula is C10H16O4. The molecule has 1 saturated carbocycles. The van der Waals surface area contributed by atoms with Crippen LogP contribution in [0.15, 0.2) is 0 Å². The monoisotopic (exact) mass is 200 g/mol. The lowest BCUT2D eigenvalue weighted by Crippen LogP contribution is -2.30. The summed E-state index contributed by atoms with van der Waals surface area (Å²) in [5, 5.41) is 17.8. The van der Waals surface area contributed by atoms with Gasteiger partial charge in [0.2, 0.25) is 0 Å². The summed E-state index contributed by atoms with van der Waals surface area (Å²) >= 11 is 0. The van der Waals surface area contributed by atoms with Crippen molar-refractivity contribution in [2.45, 2.75) is 26.7 Å². The quantitative estimate of drug-likeness (QED) is 0.723. The summed E-state index contributed by atoms with van der Waals surface area (Å²) in [7, 11) is 0. The van der Waals surface area contributed by atoms with Crippen molar-refractivity contribution >= 4 is 11.9 Å². The number of hydrogen-bond acceptors (Lipinski definition) is 2. The number of rotatable bonds is 3. The van der Waals surface area contributed by atoms with Crippen molar-refractivity contribution in [3.05, 3.63) is 0 Å². The Morgan fingerprint density at radius 1 is 1.29 bits per heavy atom. The molecule has 14 heavy (non-hydrogen) atoms. The Kier molecular flexibility index (Phi) is 3.13. The molecular weight excluding hydrogens is 184 g/mol. The van der Waals surface area contributed by atoms with Crippen molar-refractivity contribution in [1.82, 2.24) is 0 Å². The van der Waals surface area contributed by atoms with E-state index in [1.165, 1.54) is 0 Å². The van der Waals surface area contributed by atoms with Crippen molar-refractivity contribution in [2.75, 3.05) is 0 Å². The molecule has 0 radical (unpaired) electrons. The topological polar surface area (TPSA) is 74.6 Å². The van der Waals surface area contributed by atoms with Gasteiger partial charge in [0.1, 0.15) is 0 Å². The minimum atomic E-state index is -0.893. The number of carbonyl (C=O) groups is 2. The molecule has 0 heterocycles. The van der Waals surface area contributed by atoms with E-state index >= 15 is 0 Å². The van der Waals surface area contributed by atoms with Gasteiger partial charge in [-0.1, -0.05) is 13.8 Å². The molecule has 0 amide bonds. The van der Waals surface area contributed by atoms with E-state index in [2.05, 4.69) is 0 Å². The Morgan fingerprint density at radius 3 is 2.29 bits per heavy atom. The van der Waals surface area contributed by atoms with Crippen molar-refractivity contribution < 1.29 is 19.8 Å². The maximum atomic E-state index is 11.0. The second-order valence-corrected chi connectivity index (χ2v) is 4.21. The first-order valence-electron chi connectivity index (χ1n) is 4.90. The maximum Gasteiger partial charge on any atom is 0.307 e. The molecule has 1 unspecified atom stereocenters. The number of carboxylic acids is 2. The molecule has 4 heteroatoms. The molecule has 2 N–H and O–H groups in total. The van der Waals surface area contributed by atoms with E-state index in [9.17, 15) is 9.59 Å². The van der Waals surface area contributed by atoms with Crippen molar-refractivity contribution in [2.24, 2.45) is 23.7 Å². The first-order chi connectivity index (χ1) is 6.45. The van der Waals surface area contributed by atoms with Gasteiger partial charge in [0, 0.05) is 0 Å². The maximum absolute atomic E-state index is 11.0. The predicted octanol–water partition coefficient (Wildman–Crippen LogP) is 1.45. The molecule has 1 aliphatic rings. The summed E-state index contributed by atoms with van der Waals surface area (Å²) in [5.74, 6) is -2.90. The molecule has 0 aliphatic heterocycles. The third-order valence-corrected chi connectivity index (χ3v) is 3.35. The van der Waals surface area contributed by atoms with Crippen LogP contribution in [-0.4, -0.2) is 22.2 Å². The van der Waals surface area contributed by atoms with Gasteiger partial charge in [0.05, 0.1) is 11.8 Å². The summed E-state index contributed by atoms with van der Waals surface area (Å²) in [5.41, 5.74) is 0.